The number of nitrogens with zero attached hydrogens (tertiary/aromatic N) is 1. The summed E-state index contributed by atoms with van der Waals surface area (Å²) in [5, 5.41) is 0. The number of hydrogen-bond acceptors (Lipinski definition) is 2. The van der Waals surface area contributed by atoms with Crippen LogP contribution >= 0.6 is 11.6 Å². The highest BCUT2D eigenvalue weighted by atomic mass is 35.5. The van der Waals surface area contributed by atoms with Crippen molar-refractivity contribution in [3.63, 3.8) is 0 Å². The minimum Gasteiger partial charge on any atom is -0.207 e. The van der Waals surface area contributed by atoms with Gasteiger partial charge in [0.25, 0.3) is 0 Å². The molecule has 0 N–H and O–H groups in total. The molecule has 0 fully saturated rings. The number of sulfonamides is 1. The largest absolute Gasteiger partial charge is 0.242 e. The molecule has 0 spiro atoms. The highest BCUT2D eigenvalue weighted by molar-refractivity contribution is 7.89. The minimum absolute atomic E-state index is 0.326. The Labute approximate surface area is 120 Å². The molecule has 1 rings (SSSR count). The Morgan fingerprint density at radius 2 is 1.95 bits per heavy atom. The first kappa shape index (κ1) is 16.2. The fraction of sp³-hybridized carbons (Fsp3) is 0.429. The van der Waals surface area contributed by atoms with E-state index in [1.807, 2.05) is 12.1 Å². The molecule has 0 aliphatic rings. The van der Waals surface area contributed by atoms with Gasteiger partial charge in [0.1, 0.15) is 0 Å². The van der Waals surface area contributed by atoms with Crippen molar-refractivity contribution in [2.75, 3.05) is 19.5 Å². The summed E-state index contributed by atoms with van der Waals surface area (Å²) in [6.07, 6.45) is 4.14. The van der Waals surface area contributed by atoms with Gasteiger partial charge >= 0.3 is 0 Å². The summed E-state index contributed by atoms with van der Waals surface area (Å²) in [5.41, 5.74) is 1.04. The highest BCUT2D eigenvalue weighted by Gasteiger charge is 2.19. The monoisotopic (exact) mass is 301 g/mol. The third-order valence-electron chi connectivity index (χ3n) is 2.90. The third-order valence-corrected chi connectivity index (χ3v) is 4.96. The van der Waals surface area contributed by atoms with E-state index in [0.29, 0.717) is 17.3 Å². The molecule has 1 aromatic carbocycles. The molecule has 0 saturated heterocycles. The van der Waals surface area contributed by atoms with Crippen molar-refractivity contribution in [1.82, 2.24) is 4.31 Å². The summed E-state index contributed by atoms with van der Waals surface area (Å²) in [6, 6.07) is 6.90. The number of benzene rings is 1. The summed E-state index contributed by atoms with van der Waals surface area (Å²) in [7, 11) is -1.78. The number of unbranched alkanes of at least 4 members (excludes halogenated alkanes) is 1. The van der Waals surface area contributed by atoms with Crippen LogP contribution in [-0.2, 0) is 16.4 Å². The molecule has 0 aromatic heterocycles. The second-order valence-electron chi connectivity index (χ2n) is 4.34. The Hall–Kier alpha value is -0.840. The molecule has 0 aliphatic carbocycles. The van der Waals surface area contributed by atoms with Crippen LogP contribution in [0.3, 0.4) is 0 Å². The first-order valence-corrected chi connectivity index (χ1v) is 8.22. The molecule has 1 aromatic rings. The number of rotatable bonds is 8. The van der Waals surface area contributed by atoms with Crippen LogP contribution < -0.4 is 0 Å². The van der Waals surface area contributed by atoms with E-state index in [1.54, 1.807) is 25.3 Å². The quantitative estimate of drug-likeness (QED) is 0.420. The molecule has 0 radical (unpaired) electrons. The van der Waals surface area contributed by atoms with Crippen LogP contribution in [-0.4, -0.2) is 32.2 Å². The van der Waals surface area contributed by atoms with Crippen molar-refractivity contribution < 1.29 is 8.42 Å². The lowest BCUT2D eigenvalue weighted by Crippen LogP contribution is -2.27. The van der Waals surface area contributed by atoms with Gasteiger partial charge in [-0.1, -0.05) is 18.2 Å². The Balaban J connectivity index is 2.78. The first-order valence-electron chi connectivity index (χ1n) is 6.24. The summed E-state index contributed by atoms with van der Waals surface area (Å²) >= 11 is 5.65. The van der Waals surface area contributed by atoms with Crippen LogP contribution in [0.5, 0.6) is 0 Å². The molecule has 0 saturated carbocycles. The fourth-order valence-corrected chi connectivity index (χ4v) is 3.12. The molecule has 0 amide bonds. The SMILES string of the molecule is C=CCCCN(C)S(=O)(=O)c1ccc(CCCl)cc1. The first-order chi connectivity index (χ1) is 9.02. The van der Waals surface area contributed by atoms with E-state index in [0.717, 1.165) is 24.8 Å². The van der Waals surface area contributed by atoms with Crippen LogP contribution in [0.15, 0.2) is 41.8 Å². The van der Waals surface area contributed by atoms with Crippen molar-refractivity contribution >= 4 is 21.6 Å². The van der Waals surface area contributed by atoms with Gasteiger partial charge in [0.15, 0.2) is 0 Å². The van der Waals surface area contributed by atoms with E-state index in [-0.39, 0.29) is 0 Å². The minimum atomic E-state index is -3.39. The number of allylic oxidation sites excluding steroid dienone is 1. The standard InChI is InChI=1S/C14H20ClNO2S/c1-3-4-5-12-16(2)19(17,18)14-8-6-13(7-9-14)10-11-15/h3,6-9H,1,4-5,10-12H2,2H3. The lowest BCUT2D eigenvalue weighted by molar-refractivity contribution is 0.463. The van der Waals surface area contributed by atoms with Crippen LogP contribution in [0, 0.1) is 0 Å². The topological polar surface area (TPSA) is 37.4 Å². The molecule has 0 atom stereocenters. The van der Waals surface area contributed by atoms with Crippen LogP contribution in [0.4, 0.5) is 0 Å². The van der Waals surface area contributed by atoms with Gasteiger partial charge in [0.2, 0.25) is 10.0 Å². The van der Waals surface area contributed by atoms with Gasteiger partial charge in [-0.15, -0.1) is 18.2 Å². The molecular formula is C14H20ClNO2S. The molecule has 0 bridgehead atoms. The molecule has 3 nitrogen and oxygen atoms in total. The van der Waals surface area contributed by atoms with E-state index < -0.39 is 10.0 Å². The maximum absolute atomic E-state index is 12.3. The van der Waals surface area contributed by atoms with E-state index in [1.165, 1.54) is 4.31 Å². The fourth-order valence-electron chi connectivity index (χ4n) is 1.70. The zero-order valence-electron chi connectivity index (χ0n) is 11.2. The van der Waals surface area contributed by atoms with E-state index >= 15 is 0 Å². The lowest BCUT2D eigenvalue weighted by atomic mass is 10.2. The second-order valence-corrected chi connectivity index (χ2v) is 6.76. The molecule has 0 aliphatic heterocycles. The molecular weight excluding hydrogens is 282 g/mol. The van der Waals surface area contributed by atoms with E-state index in [4.69, 9.17) is 11.6 Å². The smallest absolute Gasteiger partial charge is 0.207 e. The average Bonchev–Trinajstić information content (AvgIpc) is 2.40. The third kappa shape index (κ3) is 4.64. The zero-order chi connectivity index (χ0) is 14.3. The summed E-state index contributed by atoms with van der Waals surface area (Å²) in [4.78, 5) is 0.326. The number of halogens is 1. The van der Waals surface area contributed by atoms with Gasteiger partial charge in [-0.05, 0) is 37.0 Å². The number of hydrogen-bond donors (Lipinski definition) is 0. The maximum Gasteiger partial charge on any atom is 0.242 e. The molecule has 19 heavy (non-hydrogen) atoms. The molecule has 5 heteroatoms. The number of alkyl halides is 1. The summed E-state index contributed by atoms with van der Waals surface area (Å²) in [6.45, 7) is 4.12. The van der Waals surface area contributed by atoms with Crippen LogP contribution in [0.25, 0.3) is 0 Å². The van der Waals surface area contributed by atoms with E-state index in [9.17, 15) is 8.42 Å². The predicted octanol–water partition coefficient (Wildman–Crippen LogP) is 3.05. The van der Waals surface area contributed by atoms with E-state index in [2.05, 4.69) is 6.58 Å². The Kier molecular flexibility index (Phi) is 6.55. The molecule has 0 unspecified atom stereocenters. The van der Waals surface area contributed by atoms with Crippen LogP contribution in [0.2, 0.25) is 0 Å². The van der Waals surface area contributed by atoms with Gasteiger partial charge in [0, 0.05) is 19.5 Å². The predicted molar refractivity (Wildman–Crippen MR) is 80.1 cm³/mol. The van der Waals surface area contributed by atoms with Gasteiger partial charge in [-0.25, -0.2) is 12.7 Å². The van der Waals surface area contributed by atoms with Crippen molar-refractivity contribution in [3.05, 3.63) is 42.5 Å². The van der Waals surface area contributed by atoms with Gasteiger partial charge in [-0.2, -0.15) is 0 Å². The molecule has 106 valence electrons. The summed E-state index contributed by atoms with van der Waals surface area (Å²) in [5.74, 6) is 0.535. The Bertz CT molecular complexity index is 497. The lowest BCUT2D eigenvalue weighted by Gasteiger charge is -2.17. The van der Waals surface area contributed by atoms with Crippen LogP contribution in [0.1, 0.15) is 18.4 Å². The zero-order valence-corrected chi connectivity index (χ0v) is 12.8. The van der Waals surface area contributed by atoms with Gasteiger partial charge < -0.3 is 0 Å². The van der Waals surface area contributed by atoms with Crippen molar-refractivity contribution in [3.8, 4) is 0 Å². The van der Waals surface area contributed by atoms with Crippen molar-refractivity contribution in [2.45, 2.75) is 24.2 Å². The normalized spacial score (nSPS) is 11.7. The summed E-state index contributed by atoms with van der Waals surface area (Å²) < 4.78 is 25.9. The Morgan fingerprint density at radius 1 is 1.32 bits per heavy atom. The van der Waals surface area contributed by atoms with Crippen molar-refractivity contribution in [2.24, 2.45) is 0 Å². The second kappa shape index (κ2) is 7.68. The maximum atomic E-state index is 12.3. The molecule has 0 heterocycles. The van der Waals surface area contributed by atoms with Gasteiger partial charge in [0.05, 0.1) is 4.90 Å². The Morgan fingerprint density at radius 3 is 2.47 bits per heavy atom. The average molecular weight is 302 g/mol. The van der Waals surface area contributed by atoms with Crippen molar-refractivity contribution in [1.29, 1.82) is 0 Å². The van der Waals surface area contributed by atoms with Gasteiger partial charge in [-0.3, -0.25) is 0 Å². The number of aryl methyl sites for hydroxylation is 1. The highest BCUT2D eigenvalue weighted by Crippen LogP contribution is 2.16.